The summed E-state index contributed by atoms with van der Waals surface area (Å²) in [6.07, 6.45) is 3.34. The summed E-state index contributed by atoms with van der Waals surface area (Å²) in [6, 6.07) is 2.78. The number of aromatic nitrogens is 4. The number of pyridine rings is 1. The molecule has 3 heterocycles. The number of thiazole rings is 1. The predicted molar refractivity (Wildman–Crippen MR) is 77.6 cm³/mol. The van der Waals surface area contributed by atoms with Gasteiger partial charge in [-0.2, -0.15) is 0 Å². The van der Waals surface area contributed by atoms with E-state index in [0.717, 1.165) is 4.34 Å². The lowest BCUT2D eigenvalue weighted by molar-refractivity contribution is 0.621. The molecule has 20 heavy (non-hydrogen) atoms. The van der Waals surface area contributed by atoms with E-state index in [2.05, 4.69) is 15.0 Å². The van der Waals surface area contributed by atoms with E-state index in [-0.39, 0.29) is 17.1 Å². The van der Waals surface area contributed by atoms with Gasteiger partial charge in [0, 0.05) is 13.2 Å². The second-order valence-corrected chi connectivity index (χ2v) is 6.00. The van der Waals surface area contributed by atoms with Crippen molar-refractivity contribution in [2.75, 3.05) is 6.26 Å². The number of fused-ring (bicyclic) bond motifs is 1. The lowest BCUT2D eigenvalue weighted by Gasteiger charge is -2.06. The Kier molecular flexibility index (Phi) is 3.27. The van der Waals surface area contributed by atoms with E-state index in [9.17, 15) is 9.18 Å². The standard InChI is InChI=1S/C12H9FN4OS2/c1-17-9(7-6(13)4-3-5-14-7)16-10-8(11(17)18)15-12(19-2)20-10/h3-5H,1-2H3. The van der Waals surface area contributed by atoms with Gasteiger partial charge in [0.25, 0.3) is 5.56 Å². The maximum absolute atomic E-state index is 13.8. The van der Waals surface area contributed by atoms with E-state index in [1.165, 1.54) is 53.0 Å². The average molecular weight is 308 g/mol. The maximum Gasteiger partial charge on any atom is 0.281 e. The van der Waals surface area contributed by atoms with E-state index >= 15 is 0 Å². The highest BCUT2D eigenvalue weighted by molar-refractivity contribution is 8.00. The highest BCUT2D eigenvalue weighted by atomic mass is 32.2. The molecule has 0 aliphatic carbocycles. The zero-order chi connectivity index (χ0) is 14.3. The van der Waals surface area contributed by atoms with Crippen molar-refractivity contribution in [3.05, 3.63) is 34.5 Å². The van der Waals surface area contributed by atoms with E-state index in [1.807, 2.05) is 6.26 Å². The van der Waals surface area contributed by atoms with Crippen LogP contribution in [0.4, 0.5) is 4.39 Å². The number of thioether (sulfide) groups is 1. The molecule has 0 N–H and O–H groups in total. The molecule has 0 unspecified atom stereocenters. The SMILES string of the molecule is CSc1nc2c(=O)n(C)c(-c3ncccc3F)nc2s1. The first-order valence-electron chi connectivity index (χ1n) is 5.64. The van der Waals surface area contributed by atoms with E-state index in [0.29, 0.717) is 10.3 Å². The molecule has 0 radical (unpaired) electrons. The first kappa shape index (κ1) is 13.2. The smallest absolute Gasteiger partial charge is 0.281 e. The molecule has 3 aromatic heterocycles. The van der Waals surface area contributed by atoms with Gasteiger partial charge in [0.1, 0.15) is 5.69 Å². The van der Waals surface area contributed by atoms with Crippen LogP contribution in [0.3, 0.4) is 0 Å². The Morgan fingerprint density at radius 3 is 2.90 bits per heavy atom. The zero-order valence-electron chi connectivity index (χ0n) is 10.6. The zero-order valence-corrected chi connectivity index (χ0v) is 12.3. The molecule has 5 nitrogen and oxygen atoms in total. The molecule has 0 fully saturated rings. The predicted octanol–water partition coefficient (Wildman–Crippen LogP) is 2.31. The van der Waals surface area contributed by atoms with Gasteiger partial charge in [-0.15, -0.1) is 0 Å². The third-order valence-corrected chi connectivity index (χ3v) is 4.70. The molecule has 0 saturated heterocycles. The van der Waals surface area contributed by atoms with Gasteiger partial charge < -0.3 is 0 Å². The average Bonchev–Trinajstić information content (AvgIpc) is 2.87. The van der Waals surface area contributed by atoms with Crippen LogP contribution in [0.2, 0.25) is 0 Å². The lowest BCUT2D eigenvalue weighted by Crippen LogP contribution is -2.20. The summed E-state index contributed by atoms with van der Waals surface area (Å²) < 4.78 is 15.9. The monoisotopic (exact) mass is 308 g/mol. The van der Waals surface area contributed by atoms with Crippen LogP contribution in [0.1, 0.15) is 0 Å². The molecule has 0 aliphatic heterocycles. The summed E-state index contributed by atoms with van der Waals surface area (Å²) in [5, 5.41) is 0. The van der Waals surface area contributed by atoms with Crippen LogP contribution in [-0.4, -0.2) is 25.8 Å². The number of hydrogen-bond acceptors (Lipinski definition) is 6. The van der Waals surface area contributed by atoms with Gasteiger partial charge in [-0.05, 0) is 18.4 Å². The molecule has 0 bridgehead atoms. The Bertz CT molecular complexity index is 858. The minimum atomic E-state index is -0.510. The molecule has 102 valence electrons. The Morgan fingerprint density at radius 2 is 2.20 bits per heavy atom. The second-order valence-electron chi connectivity index (χ2n) is 3.97. The molecule has 3 rings (SSSR count). The molecule has 0 amide bonds. The minimum Gasteiger partial charge on any atom is -0.292 e. The van der Waals surface area contributed by atoms with Crippen LogP contribution in [-0.2, 0) is 7.05 Å². The third kappa shape index (κ3) is 2.01. The van der Waals surface area contributed by atoms with Gasteiger partial charge >= 0.3 is 0 Å². The summed E-state index contributed by atoms with van der Waals surface area (Å²) in [4.78, 5) is 25.3. The first-order chi connectivity index (χ1) is 9.61. The summed E-state index contributed by atoms with van der Waals surface area (Å²) in [6.45, 7) is 0. The highest BCUT2D eigenvalue weighted by Crippen LogP contribution is 2.26. The molecule has 0 saturated carbocycles. The second kappa shape index (κ2) is 4.95. The van der Waals surface area contributed by atoms with Crippen molar-refractivity contribution in [3.63, 3.8) is 0 Å². The van der Waals surface area contributed by atoms with E-state index < -0.39 is 5.82 Å². The Hall–Kier alpha value is -1.80. The number of nitrogens with zero attached hydrogens (tertiary/aromatic N) is 4. The summed E-state index contributed by atoms with van der Waals surface area (Å²) in [7, 11) is 1.54. The highest BCUT2D eigenvalue weighted by Gasteiger charge is 2.17. The fraction of sp³-hybridized carbons (Fsp3) is 0.167. The molecular weight excluding hydrogens is 299 g/mol. The molecule has 8 heteroatoms. The number of halogens is 1. The number of hydrogen-bond donors (Lipinski definition) is 0. The van der Waals surface area contributed by atoms with Crippen molar-refractivity contribution in [1.82, 2.24) is 19.5 Å². The van der Waals surface area contributed by atoms with Gasteiger partial charge in [-0.1, -0.05) is 23.1 Å². The summed E-state index contributed by atoms with van der Waals surface area (Å²) in [5.74, 6) is -0.305. The largest absolute Gasteiger partial charge is 0.292 e. The van der Waals surface area contributed by atoms with Gasteiger partial charge in [-0.25, -0.2) is 19.3 Å². The molecule has 3 aromatic rings. The van der Waals surface area contributed by atoms with Crippen molar-refractivity contribution in [1.29, 1.82) is 0 Å². The van der Waals surface area contributed by atoms with Crippen LogP contribution >= 0.6 is 23.1 Å². The molecule has 0 spiro atoms. The minimum absolute atomic E-state index is 0.0631. The Labute approximate surface area is 121 Å². The van der Waals surface area contributed by atoms with Gasteiger partial charge in [-0.3, -0.25) is 9.36 Å². The topological polar surface area (TPSA) is 60.7 Å². The van der Waals surface area contributed by atoms with Crippen LogP contribution < -0.4 is 5.56 Å². The van der Waals surface area contributed by atoms with Crippen molar-refractivity contribution >= 4 is 33.4 Å². The number of rotatable bonds is 2. The fourth-order valence-electron chi connectivity index (χ4n) is 1.78. The van der Waals surface area contributed by atoms with Crippen molar-refractivity contribution in [3.8, 4) is 11.5 Å². The molecule has 0 aromatic carbocycles. The molecule has 0 atom stereocenters. The van der Waals surface area contributed by atoms with E-state index in [1.54, 1.807) is 0 Å². The van der Waals surface area contributed by atoms with Crippen LogP contribution in [0.5, 0.6) is 0 Å². The summed E-state index contributed by atoms with van der Waals surface area (Å²) >= 11 is 2.76. The van der Waals surface area contributed by atoms with Gasteiger partial charge in [0.2, 0.25) is 0 Å². The van der Waals surface area contributed by atoms with Crippen molar-refractivity contribution in [2.45, 2.75) is 4.34 Å². The van der Waals surface area contributed by atoms with Gasteiger partial charge in [0.15, 0.2) is 26.3 Å². The fourth-order valence-corrected chi connectivity index (χ4v) is 3.20. The van der Waals surface area contributed by atoms with E-state index in [4.69, 9.17) is 0 Å². The Balaban J connectivity index is 2.35. The normalized spacial score (nSPS) is 11.2. The third-order valence-electron chi connectivity index (χ3n) is 2.77. The lowest BCUT2D eigenvalue weighted by atomic mass is 10.3. The first-order valence-corrected chi connectivity index (χ1v) is 7.68. The van der Waals surface area contributed by atoms with Crippen molar-refractivity contribution < 1.29 is 4.39 Å². The van der Waals surface area contributed by atoms with Crippen molar-refractivity contribution in [2.24, 2.45) is 7.05 Å². The van der Waals surface area contributed by atoms with Crippen LogP contribution in [0.15, 0.2) is 27.5 Å². The molecular formula is C12H9FN4OS2. The Morgan fingerprint density at radius 1 is 1.40 bits per heavy atom. The summed E-state index contributed by atoms with van der Waals surface area (Å²) in [5.41, 5.74) is 0.0710. The van der Waals surface area contributed by atoms with Gasteiger partial charge in [0.05, 0.1) is 0 Å². The quantitative estimate of drug-likeness (QED) is 0.680. The van der Waals surface area contributed by atoms with Crippen LogP contribution in [0, 0.1) is 5.82 Å². The van der Waals surface area contributed by atoms with Crippen LogP contribution in [0.25, 0.3) is 21.9 Å². The maximum atomic E-state index is 13.8. The molecule has 0 aliphatic rings.